The van der Waals surface area contributed by atoms with E-state index in [0.29, 0.717) is 12.3 Å². The number of benzene rings is 1. The zero-order valence-corrected chi connectivity index (χ0v) is 11.8. The van der Waals surface area contributed by atoms with Crippen LogP contribution in [0.15, 0.2) is 24.3 Å². The largest absolute Gasteiger partial charge is 0.384 e. The zero-order chi connectivity index (χ0) is 13.0. The second kappa shape index (κ2) is 6.14. The lowest BCUT2D eigenvalue weighted by molar-refractivity contribution is -0.129. The van der Waals surface area contributed by atoms with Crippen LogP contribution in [0.5, 0.6) is 0 Å². The van der Waals surface area contributed by atoms with Crippen LogP contribution in [0.1, 0.15) is 17.9 Å². The monoisotopic (exact) mass is 264 g/mol. The summed E-state index contributed by atoms with van der Waals surface area (Å²) in [4.78, 5) is 13.9. The van der Waals surface area contributed by atoms with Gasteiger partial charge in [-0.25, -0.2) is 0 Å². The van der Waals surface area contributed by atoms with Gasteiger partial charge in [0.15, 0.2) is 0 Å². The molecule has 0 spiro atoms. The molecule has 0 saturated heterocycles. The van der Waals surface area contributed by atoms with Gasteiger partial charge in [0, 0.05) is 43.9 Å². The van der Waals surface area contributed by atoms with E-state index in [0.717, 1.165) is 18.8 Å². The van der Waals surface area contributed by atoms with Gasteiger partial charge in [-0.1, -0.05) is 18.2 Å². The van der Waals surface area contributed by atoms with Crippen LogP contribution in [0.4, 0.5) is 5.69 Å². The number of carbonyl (C=O) groups excluding carboxylic acids is 1. The third-order valence-corrected chi connectivity index (χ3v) is 4.01. The van der Waals surface area contributed by atoms with E-state index in [4.69, 9.17) is 0 Å². The van der Waals surface area contributed by atoms with Gasteiger partial charge >= 0.3 is 0 Å². The number of rotatable bonds is 5. The van der Waals surface area contributed by atoms with Gasteiger partial charge in [0.25, 0.3) is 0 Å². The molecule has 1 aliphatic rings. The SMILES string of the molecule is CSCCN(C)C(=O)CC1CNc2ccccc21. The highest BCUT2D eigenvalue weighted by Gasteiger charge is 2.25. The second-order valence-electron chi connectivity index (χ2n) is 4.68. The summed E-state index contributed by atoms with van der Waals surface area (Å²) >= 11 is 1.77. The molecule has 0 radical (unpaired) electrons. The first-order chi connectivity index (χ1) is 8.72. The fourth-order valence-electron chi connectivity index (χ4n) is 2.26. The number of anilines is 1. The minimum atomic E-state index is 0.243. The molecule has 1 aliphatic heterocycles. The maximum Gasteiger partial charge on any atom is 0.223 e. The van der Waals surface area contributed by atoms with Gasteiger partial charge in [0.1, 0.15) is 0 Å². The molecule has 0 aromatic heterocycles. The maximum absolute atomic E-state index is 12.1. The van der Waals surface area contributed by atoms with E-state index in [1.807, 2.05) is 24.1 Å². The number of fused-ring (bicyclic) bond motifs is 1. The summed E-state index contributed by atoms with van der Waals surface area (Å²) in [5.41, 5.74) is 2.46. The average molecular weight is 264 g/mol. The molecule has 98 valence electrons. The summed E-state index contributed by atoms with van der Waals surface area (Å²) in [5, 5.41) is 3.36. The molecule has 0 fully saturated rings. The number of amides is 1. The fourth-order valence-corrected chi connectivity index (χ4v) is 2.72. The Balaban J connectivity index is 1.93. The van der Waals surface area contributed by atoms with Gasteiger partial charge in [-0.05, 0) is 17.9 Å². The van der Waals surface area contributed by atoms with Gasteiger partial charge < -0.3 is 10.2 Å². The standard InChI is InChI=1S/C14H20N2OS/c1-16(7-8-18-2)14(17)9-11-10-15-13-6-4-3-5-12(11)13/h3-6,11,15H,7-10H2,1-2H3. The van der Waals surface area contributed by atoms with E-state index < -0.39 is 0 Å². The maximum atomic E-state index is 12.1. The van der Waals surface area contributed by atoms with E-state index in [2.05, 4.69) is 23.7 Å². The highest BCUT2D eigenvalue weighted by molar-refractivity contribution is 7.98. The van der Waals surface area contributed by atoms with Crippen LogP contribution >= 0.6 is 11.8 Å². The van der Waals surface area contributed by atoms with Crippen LogP contribution in [-0.2, 0) is 4.79 Å². The van der Waals surface area contributed by atoms with Crippen molar-refractivity contribution in [3.8, 4) is 0 Å². The molecule has 0 saturated carbocycles. The fraction of sp³-hybridized carbons (Fsp3) is 0.500. The van der Waals surface area contributed by atoms with E-state index in [9.17, 15) is 4.79 Å². The molecule has 1 aromatic carbocycles. The van der Waals surface area contributed by atoms with Crippen molar-refractivity contribution in [3.05, 3.63) is 29.8 Å². The van der Waals surface area contributed by atoms with E-state index in [-0.39, 0.29) is 5.91 Å². The van der Waals surface area contributed by atoms with Crippen LogP contribution in [-0.4, -0.2) is 43.0 Å². The first-order valence-corrected chi connectivity index (χ1v) is 7.67. The molecule has 18 heavy (non-hydrogen) atoms. The lowest BCUT2D eigenvalue weighted by atomic mass is 9.97. The normalized spacial score (nSPS) is 17.1. The number of nitrogens with zero attached hydrogens (tertiary/aromatic N) is 1. The van der Waals surface area contributed by atoms with Gasteiger partial charge in [0.05, 0.1) is 0 Å². The number of thioether (sulfide) groups is 1. The Bertz CT molecular complexity index is 422. The quantitative estimate of drug-likeness (QED) is 0.886. The van der Waals surface area contributed by atoms with Gasteiger partial charge in [-0.15, -0.1) is 0 Å². The number of nitrogens with one attached hydrogen (secondary N) is 1. The summed E-state index contributed by atoms with van der Waals surface area (Å²) in [6.07, 6.45) is 2.67. The highest BCUT2D eigenvalue weighted by atomic mass is 32.2. The Hall–Kier alpha value is -1.16. The van der Waals surface area contributed by atoms with E-state index in [1.165, 1.54) is 11.3 Å². The summed E-state index contributed by atoms with van der Waals surface area (Å²) in [5.74, 6) is 1.57. The lowest BCUT2D eigenvalue weighted by Crippen LogP contribution is -2.30. The van der Waals surface area contributed by atoms with Gasteiger partial charge in [-0.2, -0.15) is 11.8 Å². The molecule has 1 unspecified atom stereocenters. The molecule has 1 aromatic rings. The summed E-state index contributed by atoms with van der Waals surface area (Å²) in [6.45, 7) is 1.71. The van der Waals surface area contributed by atoms with Crippen molar-refractivity contribution in [2.45, 2.75) is 12.3 Å². The van der Waals surface area contributed by atoms with Crippen molar-refractivity contribution < 1.29 is 4.79 Å². The Morgan fingerprint density at radius 2 is 2.28 bits per heavy atom. The first-order valence-electron chi connectivity index (χ1n) is 6.28. The van der Waals surface area contributed by atoms with E-state index in [1.54, 1.807) is 11.8 Å². The minimum Gasteiger partial charge on any atom is -0.384 e. The third kappa shape index (κ3) is 2.99. The lowest BCUT2D eigenvalue weighted by Gasteiger charge is -2.19. The van der Waals surface area contributed by atoms with Crippen molar-refractivity contribution in [2.24, 2.45) is 0 Å². The van der Waals surface area contributed by atoms with Crippen LogP contribution in [0.3, 0.4) is 0 Å². The van der Waals surface area contributed by atoms with Crippen molar-refractivity contribution in [3.63, 3.8) is 0 Å². The molecule has 1 amide bonds. The van der Waals surface area contributed by atoms with Crippen molar-refractivity contribution in [1.29, 1.82) is 0 Å². The number of hydrogen-bond donors (Lipinski definition) is 1. The molecule has 4 heteroatoms. The average Bonchev–Trinajstić information content (AvgIpc) is 2.79. The van der Waals surface area contributed by atoms with Crippen LogP contribution in [0.2, 0.25) is 0 Å². The molecule has 2 rings (SSSR count). The smallest absolute Gasteiger partial charge is 0.223 e. The number of para-hydroxylation sites is 1. The van der Waals surface area contributed by atoms with Crippen LogP contribution in [0, 0.1) is 0 Å². The minimum absolute atomic E-state index is 0.243. The molecule has 1 heterocycles. The Morgan fingerprint density at radius 1 is 1.50 bits per heavy atom. The van der Waals surface area contributed by atoms with Crippen LogP contribution < -0.4 is 5.32 Å². The van der Waals surface area contributed by atoms with E-state index >= 15 is 0 Å². The van der Waals surface area contributed by atoms with Gasteiger partial charge in [0.2, 0.25) is 5.91 Å². The highest BCUT2D eigenvalue weighted by Crippen LogP contribution is 2.33. The summed E-state index contributed by atoms with van der Waals surface area (Å²) < 4.78 is 0. The molecular weight excluding hydrogens is 244 g/mol. The van der Waals surface area contributed by atoms with Crippen molar-refractivity contribution in [1.82, 2.24) is 4.90 Å². The Labute approximate surface area is 113 Å². The predicted octanol–water partition coefficient (Wildman–Crippen LogP) is 2.41. The molecule has 0 aliphatic carbocycles. The molecule has 0 bridgehead atoms. The van der Waals surface area contributed by atoms with Gasteiger partial charge in [-0.3, -0.25) is 4.79 Å². The molecule has 3 nitrogen and oxygen atoms in total. The summed E-state index contributed by atoms with van der Waals surface area (Å²) in [6, 6.07) is 8.27. The molecular formula is C14H20N2OS. The first kappa shape index (κ1) is 13.3. The topological polar surface area (TPSA) is 32.3 Å². The van der Waals surface area contributed by atoms with Crippen molar-refractivity contribution >= 4 is 23.4 Å². The third-order valence-electron chi connectivity index (χ3n) is 3.42. The summed E-state index contributed by atoms with van der Waals surface area (Å²) in [7, 11) is 1.90. The second-order valence-corrected chi connectivity index (χ2v) is 5.66. The van der Waals surface area contributed by atoms with Crippen molar-refractivity contribution in [2.75, 3.05) is 37.5 Å². The van der Waals surface area contributed by atoms with Crippen LogP contribution in [0.25, 0.3) is 0 Å². The Morgan fingerprint density at radius 3 is 3.06 bits per heavy atom. The predicted molar refractivity (Wildman–Crippen MR) is 78.3 cm³/mol. The number of hydrogen-bond acceptors (Lipinski definition) is 3. The Kier molecular flexibility index (Phi) is 4.53. The molecule has 1 atom stereocenters. The molecule has 1 N–H and O–H groups in total. The number of carbonyl (C=O) groups is 1. The zero-order valence-electron chi connectivity index (χ0n) is 11.0.